The summed E-state index contributed by atoms with van der Waals surface area (Å²) in [6.07, 6.45) is 4.38. The molecular weight excluding hydrogens is 1150 g/mol. The van der Waals surface area contributed by atoms with Gasteiger partial charge in [0.05, 0.1) is 0 Å². The van der Waals surface area contributed by atoms with E-state index >= 15 is 0 Å². The summed E-state index contributed by atoms with van der Waals surface area (Å²) >= 11 is 1.36. The minimum atomic E-state index is 0. The van der Waals surface area contributed by atoms with Crippen LogP contribution in [0.25, 0.3) is 66.1 Å². The van der Waals surface area contributed by atoms with Gasteiger partial charge in [0.1, 0.15) is 0 Å². The molecule has 0 aliphatic rings. The summed E-state index contributed by atoms with van der Waals surface area (Å²) in [6.45, 7) is 35.0. The number of hydrogen-bond donors (Lipinski definition) is 0. The summed E-state index contributed by atoms with van der Waals surface area (Å²) in [7, 11) is 0. The monoisotopic (exact) mass is 1240 g/mol. The Morgan fingerprint density at radius 2 is 0.583 bits per heavy atom. The van der Waals surface area contributed by atoms with E-state index in [4.69, 9.17) is 0 Å². The second-order valence-electron chi connectivity index (χ2n) is 26.5. The topological polar surface area (TPSA) is 0 Å². The van der Waals surface area contributed by atoms with Gasteiger partial charge in [-0.3, -0.25) is 0 Å². The third-order valence-corrected chi connectivity index (χ3v) is 16.6. The van der Waals surface area contributed by atoms with E-state index in [9.17, 15) is 0 Å². The average Bonchev–Trinajstić information content (AvgIpc) is 3.60. The summed E-state index contributed by atoms with van der Waals surface area (Å²) < 4.78 is 0. The Balaban J connectivity index is 0.000000335. The molecule has 2 atom stereocenters. The van der Waals surface area contributed by atoms with E-state index in [0.29, 0.717) is 11.8 Å². The Morgan fingerprint density at radius 1 is 0.345 bits per heavy atom. The first-order valence-electron chi connectivity index (χ1n) is 29.3. The number of halogens is 2. The van der Waals surface area contributed by atoms with Crippen LogP contribution in [0.1, 0.15) is 166 Å². The Hall–Kier alpha value is -5.34. The van der Waals surface area contributed by atoms with Gasteiger partial charge in [0.2, 0.25) is 0 Å². The van der Waals surface area contributed by atoms with Gasteiger partial charge in [-0.1, -0.05) is 312 Å². The molecule has 2 radical (unpaired) electrons. The molecule has 0 nitrogen and oxygen atoms in total. The van der Waals surface area contributed by atoms with Gasteiger partial charge in [0.15, 0.2) is 0 Å². The predicted octanol–water partition coefficient (Wildman–Crippen LogP) is 23.8. The molecular formula is C80H94Cl2SiZr-4. The van der Waals surface area contributed by atoms with Crippen LogP contribution in [0.2, 0.25) is 0 Å². The number of rotatable bonds is 12. The van der Waals surface area contributed by atoms with Crippen LogP contribution in [0.5, 0.6) is 0 Å². The van der Waals surface area contributed by atoms with Gasteiger partial charge in [-0.15, -0.1) is 69.6 Å². The van der Waals surface area contributed by atoms with Crippen LogP contribution >= 0.6 is 24.8 Å². The van der Waals surface area contributed by atoms with E-state index in [0.717, 1.165) is 25.7 Å². The van der Waals surface area contributed by atoms with Gasteiger partial charge in [0, 0.05) is 0 Å². The van der Waals surface area contributed by atoms with E-state index in [1.165, 1.54) is 134 Å². The first-order valence-corrected chi connectivity index (χ1v) is 33.5. The molecule has 0 aliphatic carbocycles. The summed E-state index contributed by atoms with van der Waals surface area (Å²) in [4.78, 5) is 0. The van der Waals surface area contributed by atoms with Gasteiger partial charge < -0.3 is 14.9 Å². The van der Waals surface area contributed by atoms with E-state index in [-0.39, 0.29) is 61.3 Å². The molecule has 0 heterocycles. The Bertz CT molecular complexity index is 3160. The molecule has 10 rings (SSSR count). The zero-order chi connectivity index (χ0) is 57.6. The molecule has 4 heteroatoms. The van der Waals surface area contributed by atoms with Crippen LogP contribution < -0.4 is 0 Å². The molecule has 0 saturated carbocycles. The molecule has 440 valence electrons. The first-order chi connectivity index (χ1) is 38.1. The first kappa shape index (κ1) is 71.1. The van der Waals surface area contributed by atoms with Crippen molar-refractivity contribution in [3.63, 3.8) is 0 Å². The third-order valence-electron chi connectivity index (χ3n) is 16.6. The zero-order valence-corrected chi connectivity index (χ0v) is 58.5. The van der Waals surface area contributed by atoms with E-state index < -0.39 is 0 Å². The summed E-state index contributed by atoms with van der Waals surface area (Å²) in [5, 5.41) is 5.42. The fourth-order valence-corrected chi connectivity index (χ4v) is 11.6. The minimum absolute atomic E-state index is 0. The van der Waals surface area contributed by atoms with Crippen molar-refractivity contribution in [2.24, 2.45) is 0 Å². The number of fused-ring (bicyclic) bond motifs is 2. The maximum atomic E-state index is 3.06. The SMILES string of the molecule is CCC(Cc1cc2c(-c3ccc(C(C)(C)C)cc3)ccc(-c3ccc(C(C)(C)C)cc3)c2[cH-]1)c1ccccc1.CCC(Cc1cc2c(-c3ccc(C(C)(C)C)cc3)ccc(-c3ccc(C(C)(C)C)cc3)c2[cH-]1)c1ccccc1.Cl.Cl.[CH3-].[CH3-].[Si]=[Zr]. The van der Waals surface area contributed by atoms with Crippen molar-refractivity contribution in [3.05, 3.63) is 266 Å². The fourth-order valence-electron chi connectivity index (χ4n) is 11.6. The quantitative estimate of drug-likeness (QED) is 0.0845. The predicted molar refractivity (Wildman–Crippen MR) is 375 cm³/mol. The van der Waals surface area contributed by atoms with Gasteiger partial charge in [-0.2, -0.15) is 12.1 Å². The summed E-state index contributed by atoms with van der Waals surface area (Å²) in [5.74, 6) is 1.04. The van der Waals surface area contributed by atoms with Crippen molar-refractivity contribution in [3.8, 4) is 44.5 Å². The molecule has 84 heavy (non-hydrogen) atoms. The van der Waals surface area contributed by atoms with Crippen molar-refractivity contribution in [1.29, 1.82) is 0 Å². The third kappa shape index (κ3) is 17.0. The average molecular weight is 1250 g/mol. The molecule has 0 aromatic heterocycles. The van der Waals surface area contributed by atoms with Crippen LogP contribution in [-0.2, 0) is 57.8 Å². The molecule has 0 bridgehead atoms. The van der Waals surface area contributed by atoms with Crippen molar-refractivity contribution in [2.45, 2.75) is 156 Å². The second kappa shape index (κ2) is 30.3. The van der Waals surface area contributed by atoms with Crippen LogP contribution in [0.3, 0.4) is 0 Å². The maximum absolute atomic E-state index is 3.06. The summed E-state index contributed by atoms with van der Waals surface area (Å²) in [6, 6.07) is 78.0. The molecule has 2 unspecified atom stereocenters. The van der Waals surface area contributed by atoms with Gasteiger partial charge in [-0.25, -0.2) is 0 Å². The van der Waals surface area contributed by atoms with Crippen LogP contribution in [0.4, 0.5) is 0 Å². The van der Waals surface area contributed by atoms with E-state index in [1.807, 2.05) is 0 Å². The van der Waals surface area contributed by atoms with Crippen LogP contribution in [0, 0.1) is 14.9 Å². The molecule has 0 aliphatic heterocycles. The van der Waals surface area contributed by atoms with Gasteiger partial charge in [-0.05, 0) is 104 Å². The van der Waals surface area contributed by atoms with Crippen molar-refractivity contribution in [2.75, 3.05) is 0 Å². The van der Waals surface area contributed by atoms with Crippen molar-refractivity contribution >= 4 is 53.2 Å². The Morgan fingerprint density at radius 3 is 0.821 bits per heavy atom. The molecule has 0 N–H and O–H groups in total. The molecule has 10 aromatic rings. The molecule has 0 spiro atoms. The normalized spacial score (nSPS) is 12.2. The Kier molecular flexibility index (Phi) is 25.7. The van der Waals surface area contributed by atoms with Crippen LogP contribution in [0.15, 0.2) is 206 Å². The Labute approximate surface area is 538 Å². The molecule has 0 fully saturated rings. The zero-order valence-electron chi connectivity index (χ0n) is 53.4. The second-order valence-corrected chi connectivity index (χ2v) is 26.5. The standard InChI is InChI=1S/2C39H43.2CH3.2ClH.Si.Zr/c2*1-8-28(29-12-10-9-11-13-29)24-27-25-36-34(30-14-18-32(19-15-30)38(2,3)4)22-23-35(37(36)26-27)31-16-20-33(21-17-31)39(5,6)7;;;;;;/h2*9-23,25-26,28H,8,24H2,1-7H3;2*1H3;2*1H;;/q4*-1;;;;. The van der Waals surface area contributed by atoms with Crippen molar-refractivity contribution in [1.82, 2.24) is 0 Å². The van der Waals surface area contributed by atoms with Gasteiger partial charge in [0.25, 0.3) is 0 Å². The molecule has 0 amide bonds. The van der Waals surface area contributed by atoms with Crippen LogP contribution in [-0.4, -0.2) is 6.88 Å². The molecule has 0 saturated heterocycles. The van der Waals surface area contributed by atoms with E-state index in [1.54, 1.807) is 0 Å². The van der Waals surface area contributed by atoms with E-state index in [2.05, 4.69) is 310 Å². The molecule has 10 aromatic carbocycles. The summed E-state index contributed by atoms with van der Waals surface area (Å²) in [5.41, 5.74) is 22.2. The van der Waals surface area contributed by atoms with Gasteiger partial charge >= 0.3 is 30.2 Å². The number of hydrogen-bond acceptors (Lipinski definition) is 0. The number of benzene rings is 8. The van der Waals surface area contributed by atoms with Crippen molar-refractivity contribution < 1.29 is 23.3 Å². The fraction of sp³-hybridized carbons (Fsp3) is 0.300.